The molecule has 1 heterocycles. The Morgan fingerprint density at radius 2 is 1.88 bits per heavy atom. The molecule has 3 rings (SSSR count). The molecule has 1 unspecified atom stereocenters. The maximum absolute atomic E-state index is 13.5. The number of carbonyl (C=O) groups is 1. The molecule has 1 aromatic heterocycles. The minimum absolute atomic E-state index is 0.168. The van der Waals surface area contributed by atoms with Gasteiger partial charge in [-0.2, -0.15) is 13.2 Å². The number of hydrogen-bond donors (Lipinski definition) is 2. The van der Waals surface area contributed by atoms with Gasteiger partial charge in [0.2, 0.25) is 0 Å². The molecule has 26 heavy (non-hydrogen) atoms. The molecule has 1 atom stereocenters. The average Bonchev–Trinajstić information content (AvgIpc) is 3.44. The second-order valence-electron chi connectivity index (χ2n) is 6.30. The average molecular weight is 385 g/mol. The molecule has 1 aliphatic carbocycles. The first-order valence-corrected chi connectivity index (χ1v) is 8.37. The van der Waals surface area contributed by atoms with Gasteiger partial charge in [-0.05, 0) is 42.0 Å². The third kappa shape index (κ3) is 3.68. The van der Waals surface area contributed by atoms with Gasteiger partial charge in [-0.1, -0.05) is 29.8 Å². The first-order chi connectivity index (χ1) is 12.2. The highest BCUT2D eigenvalue weighted by Crippen LogP contribution is 2.40. The number of carbonyl (C=O) groups excluding carboxylic acids is 1. The summed E-state index contributed by atoms with van der Waals surface area (Å²) in [6.07, 6.45) is 0.104. The Bertz CT molecular complexity index is 807. The quantitative estimate of drug-likeness (QED) is 0.826. The molecule has 1 amide bonds. The summed E-state index contributed by atoms with van der Waals surface area (Å²) in [5, 5.41) is 12.6. The van der Waals surface area contributed by atoms with Crippen molar-refractivity contribution in [2.45, 2.75) is 37.1 Å². The van der Waals surface area contributed by atoms with Crippen LogP contribution in [0.4, 0.5) is 13.2 Å². The second-order valence-corrected chi connectivity index (χ2v) is 6.73. The van der Waals surface area contributed by atoms with Crippen LogP contribution < -0.4 is 5.32 Å². The lowest BCUT2D eigenvalue weighted by Gasteiger charge is -2.29. The summed E-state index contributed by atoms with van der Waals surface area (Å²) in [5.41, 5.74) is -2.69. The lowest BCUT2D eigenvalue weighted by Crippen LogP contribution is -2.54. The van der Waals surface area contributed by atoms with Crippen molar-refractivity contribution in [1.29, 1.82) is 0 Å². The van der Waals surface area contributed by atoms with Crippen molar-refractivity contribution in [3.63, 3.8) is 0 Å². The molecule has 0 aliphatic heterocycles. The molecule has 1 saturated carbocycles. The number of amides is 1. The van der Waals surface area contributed by atoms with Crippen LogP contribution in [0.15, 0.2) is 42.7 Å². The van der Waals surface area contributed by atoms with Crippen LogP contribution in [0.1, 0.15) is 35.4 Å². The van der Waals surface area contributed by atoms with E-state index < -0.39 is 23.2 Å². The fraction of sp³-hybridized carbons (Fsp3) is 0.333. The summed E-state index contributed by atoms with van der Waals surface area (Å²) >= 11 is 5.67. The molecular weight excluding hydrogens is 369 g/mol. The standard InChI is InChI=1S/C18H16ClF3N2O2/c19-15-5-3-14(4-6-15)17(26,18(20,21)22)16(25)24-9-11-7-13(10-23-8-11)12-1-2-12/h3-8,10,12,26H,1-2,9H2,(H,24,25). The number of hydrogen-bond acceptors (Lipinski definition) is 3. The summed E-state index contributed by atoms with van der Waals surface area (Å²) in [6, 6.07) is 6.13. The Balaban J connectivity index is 1.80. The van der Waals surface area contributed by atoms with E-state index >= 15 is 0 Å². The number of benzene rings is 1. The summed E-state index contributed by atoms with van der Waals surface area (Å²) in [4.78, 5) is 16.3. The number of rotatable bonds is 5. The van der Waals surface area contributed by atoms with Crippen LogP contribution in [-0.2, 0) is 16.9 Å². The zero-order valence-corrected chi connectivity index (χ0v) is 14.3. The van der Waals surface area contributed by atoms with Gasteiger partial charge in [0.1, 0.15) is 0 Å². The van der Waals surface area contributed by atoms with Gasteiger partial charge in [-0.15, -0.1) is 0 Å². The molecule has 1 aliphatic rings. The lowest BCUT2D eigenvalue weighted by molar-refractivity contribution is -0.257. The van der Waals surface area contributed by atoms with Crippen molar-refractivity contribution < 1.29 is 23.1 Å². The smallest absolute Gasteiger partial charge is 0.369 e. The molecule has 2 N–H and O–H groups in total. The highest BCUT2D eigenvalue weighted by atomic mass is 35.5. The van der Waals surface area contributed by atoms with Crippen molar-refractivity contribution in [3.8, 4) is 0 Å². The largest absolute Gasteiger partial charge is 0.430 e. The third-order valence-corrected chi connectivity index (χ3v) is 4.57. The van der Waals surface area contributed by atoms with E-state index in [2.05, 4.69) is 10.3 Å². The zero-order chi connectivity index (χ0) is 18.9. The molecule has 8 heteroatoms. The molecule has 4 nitrogen and oxygen atoms in total. The maximum atomic E-state index is 13.5. The van der Waals surface area contributed by atoms with E-state index in [1.807, 2.05) is 0 Å². The molecule has 1 aromatic carbocycles. The third-order valence-electron chi connectivity index (χ3n) is 4.32. The van der Waals surface area contributed by atoms with Crippen LogP contribution in [0.3, 0.4) is 0 Å². The lowest BCUT2D eigenvalue weighted by atomic mass is 9.92. The second kappa shape index (κ2) is 6.89. The summed E-state index contributed by atoms with van der Waals surface area (Å²) in [6.45, 7) is -0.168. The Labute approximate surface area is 153 Å². The van der Waals surface area contributed by atoms with Crippen molar-refractivity contribution in [2.75, 3.05) is 0 Å². The first kappa shape index (κ1) is 18.7. The van der Waals surface area contributed by atoms with Crippen LogP contribution in [0.25, 0.3) is 0 Å². The van der Waals surface area contributed by atoms with E-state index in [1.54, 1.807) is 12.3 Å². The first-order valence-electron chi connectivity index (χ1n) is 7.99. The van der Waals surface area contributed by atoms with Gasteiger partial charge >= 0.3 is 6.18 Å². The van der Waals surface area contributed by atoms with Crippen LogP contribution in [-0.4, -0.2) is 22.2 Å². The number of aliphatic hydroxyl groups is 1. The fourth-order valence-electron chi connectivity index (χ4n) is 2.67. The van der Waals surface area contributed by atoms with E-state index in [4.69, 9.17) is 11.6 Å². The summed E-state index contributed by atoms with van der Waals surface area (Å²) in [5.74, 6) is -1.12. The summed E-state index contributed by atoms with van der Waals surface area (Å²) < 4.78 is 40.5. The maximum Gasteiger partial charge on any atom is 0.430 e. The molecule has 1 fully saturated rings. The van der Waals surface area contributed by atoms with Crippen molar-refractivity contribution in [3.05, 3.63) is 64.4 Å². The van der Waals surface area contributed by atoms with E-state index in [0.29, 0.717) is 11.5 Å². The molecular formula is C18H16ClF3N2O2. The van der Waals surface area contributed by atoms with E-state index in [-0.39, 0.29) is 11.6 Å². The molecule has 0 saturated heterocycles. The normalized spacial score (nSPS) is 16.8. The van der Waals surface area contributed by atoms with Gasteiger partial charge in [0.25, 0.3) is 11.5 Å². The van der Waals surface area contributed by atoms with Gasteiger partial charge in [-0.25, -0.2) is 0 Å². The molecule has 0 radical (unpaired) electrons. The van der Waals surface area contributed by atoms with Gasteiger partial charge in [0, 0.05) is 29.5 Å². The van der Waals surface area contributed by atoms with Crippen molar-refractivity contribution in [1.82, 2.24) is 10.3 Å². The van der Waals surface area contributed by atoms with Crippen LogP contribution in [0, 0.1) is 0 Å². The van der Waals surface area contributed by atoms with Gasteiger partial charge in [0.05, 0.1) is 0 Å². The minimum atomic E-state index is -5.20. The topological polar surface area (TPSA) is 62.2 Å². The van der Waals surface area contributed by atoms with Gasteiger partial charge < -0.3 is 10.4 Å². The zero-order valence-electron chi connectivity index (χ0n) is 13.6. The van der Waals surface area contributed by atoms with E-state index in [0.717, 1.165) is 30.5 Å². The number of alkyl halides is 3. The molecule has 0 bridgehead atoms. The Kier molecular flexibility index (Phi) is 4.94. The van der Waals surface area contributed by atoms with Crippen molar-refractivity contribution in [2.24, 2.45) is 0 Å². The van der Waals surface area contributed by atoms with Crippen LogP contribution in [0.5, 0.6) is 0 Å². The van der Waals surface area contributed by atoms with E-state index in [9.17, 15) is 23.1 Å². The fourth-order valence-corrected chi connectivity index (χ4v) is 2.80. The SMILES string of the molecule is O=C(NCc1cncc(C2CC2)c1)C(O)(c1ccc(Cl)cc1)C(F)(F)F. The number of nitrogens with zero attached hydrogens (tertiary/aromatic N) is 1. The highest BCUT2D eigenvalue weighted by Gasteiger charge is 2.60. The monoisotopic (exact) mass is 384 g/mol. The predicted molar refractivity (Wildman–Crippen MR) is 89.5 cm³/mol. The summed E-state index contributed by atoms with van der Waals surface area (Å²) in [7, 11) is 0. The van der Waals surface area contributed by atoms with Crippen LogP contribution >= 0.6 is 11.6 Å². The predicted octanol–water partition coefficient (Wildman–Crippen LogP) is 3.68. The van der Waals surface area contributed by atoms with Gasteiger partial charge in [-0.3, -0.25) is 9.78 Å². The Hall–Kier alpha value is -2.12. The van der Waals surface area contributed by atoms with Crippen LogP contribution in [0.2, 0.25) is 5.02 Å². The highest BCUT2D eigenvalue weighted by molar-refractivity contribution is 6.30. The number of pyridine rings is 1. The van der Waals surface area contributed by atoms with Gasteiger partial charge in [0.15, 0.2) is 0 Å². The molecule has 0 spiro atoms. The molecule has 2 aromatic rings. The van der Waals surface area contributed by atoms with Crippen molar-refractivity contribution >= 4 is 17.5 Å². The number of nitrogens with one attached hydrogen (secondary N) is 1. The number of aromatic nitrogens is 1. The van der Waals surface area contributed by atoms with E-state index in [1.165, 1.54) is 18.3 Å². The molecule has 138 valence electrons. The Morgan fingerprint density at radius 3 is 2.46 bits per heavy atom. The Morgan fingerprint density at radius 1 is 1.23 bits per heavy atom. The number of halogens is 4. The minimum Gasteiger partial charge on any atom is -0.369 e.